The molecular formula is C20H15F3O. The van der Waals surface area contributed by atoms with Gasteiger partial charge in [-0.25, -0.2) is 13.2 Å². The van der Waals surface area contributed by atoms with E-state index in [9.17, 15) is 18.3 Å². The van der Waals surface area contributed by atoms with E-state index in [1.54, 1.807) is 24.3 Å². The fourth-order valence-electron chi connectivity index (χ4n) is 2.60. The molecule has 0 aliphatic carbocycles. The Bertz CT molecular complexity index is 847. The minimum atomic E-state index is -1.01. The van der Waals surface area contributed by atoms with E-state index in [4.69, 9.17) is 0 Å². The molecule has 4 heteroatoms. The van der Waals surface area contributed by atoms with Crippen LogP contribution in [-0.4, -0.2) is 5.11 Å². The molecule has 0 radical (unpaired) electrons. The van der Waals surface area contributed by atoms with E-state index in [1.807, 2.05) is 18.2 Å². The minimum absolute atomic E-state index is 0.0708. The van der Waals surface area contributed by atoms with Gasteiger partial charge in [-0.2, -0.15) is 0 Å². The summed E-state index contributed by atoms with van der Waals surface area (Å²) >= 11 is 0. The normalized spacial score (nSPS) is 12.2. The van der Waals surface area contributed by atoms with Gasteiger partial charge >= 0.3 is 0 Å². The van der Waals surface area contributed by atoms with Crippen molar-refractivity contribution in [3.8, 4) is 11.1 Å². The maximum Gasteiger partial charge on any atom is 0.159 e. The average Bonchev–Trinajstić information content (AvgIpc) is 2.59. The first-order valence-corrected chi connectivity index (χ1v) is 7.51. The van der Waals surface area contributed by atoms with E-state index < -0.39 is 23.6 Å². The molecule has 0 spiro atoms. The van der Waals surface area contributed by atoms with Crippen LogP contribution in [0, 0.1) is 17.5 Å². The van der Waals surface area contributed by atoms with Crippen molar-refractivity contribution in [3.05, 3.63) is 95.3 Å². The zero-order valence-corrected chi connectivity index (χ0v) is 12.7. The lowest BCUT2D eigenvalue weighted by Crippen LogP contribution is -2.03. The lowest BCUT2D eigenvalue weighted by molar-refractivity contribution is 0.178. The molecule has 0 saturated heterocycles. The van der Waals surface area contributed by atoms with Crippen molar-refractivity contribution in [3.63, 3.8) is 0 Å². The predicted octanol–water partition coefficient (Wildman–Crippen LogP) is 5.05. The highest BCUT2D eigenvalue weighted by Gasteiger charge is 2.13. The molecule has 3 aromatic rings. The van der Waals surface area contributed by atoms with Gasteiger partial charge < -0.3 is 5.11 Å². The molecule has 3 aromatic carbocycles. The van der Waals surface area contributed by atoms with Crippen LogP contribution < -0.4 is 0 Å². The summed E-state index contributed by atoms with van der Waals surface area (Å²) in [5.41, 5.74) is 2.02. The number of rotatable bonds is 4. The van der Waals surface area contributed by atoms with Gasteiger partial charge in [0.2, 0.25) is 0 Å². The van der Waals surface area contributed by atoms with Gasteiger partial charge in [-0.1, -0.05) is 48.5 Å². The van der Waals surface area contributed by atoms with Crippen LogP contribution in [0.3, 0.4) is 0 Å². The van der Waals surface area contributed by atoms with Crippen molar-refractivity contribution >= 4 is 0 Å². The molecule has 0 amide bonds. The van der Waals surface area contributed by atoms with Crippen LogP contribution in [0.1, 0.15) is 17.2 Å². The molecule has 122 valence electrons. The number of aliphatic hydroxyl groups is 1. The zero-order valence-electron chi connectivity index (χ0n) is 12.7. The molecule has 0 fully saturated rings. The molecule has 0 heterocycles. The van der Waals surface area contributed by atoms with E-state index in [-0.39, 0.29) is 6.42 Å². The van der Waals surface area contributed by atoms with Crippen molar-refractivity contribution in [2.24, 2.45) is 0 Å². The van der Waals surface area contributed by atoms with E-state index >= 15 is 0 Å². The third-order valence-corrected chi connectivity index (χ3v) is 3.88. The van der Waals surface area contributed by atoms with Gasteiger partial charge in [0, 0.05) is 12.0 Å². The summed E-state index contributed by atoms with van der Waals surface area (Å²) in [6, 6.07) is 17.0. The molecule has 0 bridgehead atoms. The Morgan fingerprint density at radius 3 is 2.17 bits per heavy atom. The highest BCUT2D eigenvalue weighted by Crippen LogP contribution is 2.27. The Hall–Kier alpha value is -2.59. The van der Waals surface area contributed by atoms with Crippen LogP contribution in [0.2, 0.25) is 0 Å². The zero-order chi connectivity index (χ0) is 17.1. The summed E-state index contributed by atoms with van der Waals surface area (Å²) in [5.74, 6) is -2.35. The molecule has 1 unspecified atom stereocenters. The first kappa shape index (κ1) is 16.3. The topological polar surface area (TPSA) is 20.2 Å². The van der Waals surface area contributed by atoms with E-state index in [0.717, 1.165) is 17.7 Å². The molecule has 1 atom stereocenters. The molecule has 0 aromatic heterocycles. The summed E-state index contributed by atoms with van der Waals surface area (Å²) < 4.78 is 40.5. The summed E-state index contributed by atoms with van der Waals surface area (Å²) in [6.07, 6.45) is -0.935. The van der Waals surface area contributed by atoms with Crippen LogP contribution in [0.25, 0.3) is 11.1 Å². The van der Waals surface area contributed by atoms with Crippen LogP contribution in [-0.2, 0) is 6.42 Å². The SMILES string of the molecule is OC(Cc1ccc(F)c(F)c1)c1ccc(-c2ccccc2)c(F)c1. The fourth-order valence-corrected chi connectivity index (χ4v) is 2.60. The van der Waals surface area contributed by atoms with Crippen LogP contribution >= 0.6 is 0 Å². The smallest absolute Gasteiger partial charge is 0.159 e. The van der Waals surface area contributed by atoms with Crippen molar-refractivity contribution in [2.75, 3.05) is 0 Å². The molecule has 1 nitrogen and oxygen atoms in total. The highest BCUT2D eigenvalue weighted by molar-refractivity contribution is 5.64. The summed E-state index contributed by atoms with van der Waals surface area (Å²) in [7, 11) is 0. The number of benzene rings is 3. The van der Waals surface area contributed by atoms with Crippen LogP contribution in [0.15, 0.2) is 66.7 Å². The van der Waals surface area contributed by atoms with E-state index in [2.05, 4.69) is 0 Å². The monoisotopic (exact) mass is 328 g/mol. The fraction of sp³-hybridized carbons (Fsp3) is 0.100. The Morgan fingerprint density at radius 2 is 1.50 bits per heavy atom. The first-order valence-electron chi connectivity index (χ1n) is 7.51. The van der Waals surface area contributed by atoms with Crippen LogP contribution in [0.4, 0.5) is 13.2 Å². The Balaban J connectivity index is 1.82. The summed E-state index contributed by atoms with van der Waals surface area (Å²) in [4.78, 5) is 0. The van der Waals surface area contributed by atoms with Gasteiger partial charge in [0.05, 0.1) is 6.10 Å². The number of hydrogen-bond acceptors (Lipinski definition) is 1. The maximum atomic E-state index is 14.3. The van der Waals surface area contributed by atoms with Crippen molar-refractivity contribution < 1.29 is 18.3 Å². The van der Waals surface area contributed by atoms with Crippen molar-refractivity contribution in [2.45, 2.75) is 12.5 Å². The van der Waals surface area contributed by atoms with Gasteiger partial charge in [-0.05, 0) is 34.9 Å². The van der Waals surface area contributed by atoms with Gasteiger partial charge in [0.25, 0.3) is 0 Å². The predicted molar refractivity (Wildman–Crippen MR) is 86.9 cm³/mol. The lowest BCUT2D eigenvalue weighted by Gasteiger charge is -2.13. The molecule has 0 aliphatic rings. The molecule has 3 rings (SSSR count). The molecule has 1 N–H and O–H groups in total. The summed E-state index contributed by atoms with van der Waals surface area (Å²) in [5, 5.41) is 10.2. The molecular weight excluding hydrogens is 313 g/mol. The largest absolute Gasteiger partial charge is 0.388 e. The lowest BCUT2D eigenvalue weighted by atomic mass is 9.98. The van der Waals surface area contributed by atoms with Crippen molar-refractivity contribution in [1.29, 1.82) is 0 Å². The number of halogens is 3. The van der Waals surface area contributed by atoms with Gasteiger partial charge in [0.1, 0.15) is 5.82 Å². The number of aliphatic hydroxyl groups excluding tert-OH is 1. The Labute approximate surface area is 138 Å². The maximum absolute atomic E-state index is 14.3. The third-order valence-electron chi connectivity index (χ3n) is 3.88. The molecule has 0 saturated carbocycles. The standard InChI is InChI=1S/C20H15F3O/c21-17-9-6-13(10-19(17)23)11-20(24)15-7-8-16(18(22)12-15)14-4-2-1-3-5-14/h1-10,12,20,24H,11H2. The molecule has 24 heavy (non-hydrogen) atoms. The Morgan fingerprint density at radius 1 is 0.750 bits per heavy atom. The summed E-state index contributed by atoms with van der Waals surface area (Å²) in [6.45, 7) is 0. The quantitative estimate of drug-likeness (QED) is 0.711. The Kier molecular flexibility index (Phi) is 4.67. The van der Waals surface area contributed by atoms with Gasteiger partial charge in [-0.15, -0.1) is 0 Å². The van der Waals surface area contributed by atoms with Gasteiger partial charge in [-0.3, -0.25) is 0 Å². The first-order chi connectivity index (χ1) is 11.5. The van der Waals surface area contributed by atoms with E-state index in [0.29, 0.717) is 16.7 Å². The van der Waals surface area contributed by atoms with Crippen LogP contribution in [0.5, 0.6) is 0 Å². The average molecular weight is 328 g/mol. The van der Waals surface area contributed by atoms with E-state index in [1.165, 1.54) is 12.1 Å². The van der Waals surface area contributed by atoms with Crippen molar-refractivity contribution in [1.82, 2.24) is 0 Å². The third kappa shape index (κ3) is 3.49. The molecule has 0 aliphatic heterocycles. The minimum Gasteiger partial charge on any atom is -0.388 e. The second kappa shape index (κ2) is 6.89. The number of hydrogen-bond donors (Lipinski definition) is 1. The highest BCUT2D eigenvalue weighted by atomic mass is 19.2. The second-order valence-corrected chi connectivity index (χ2v) is 5.57. The second-order valence-electron chi connectivity index (χ2n) is 5.57. The van der Waals surface area contributed by atoms with Gasteiger partial charge in [0.15, 0.2) is 11.6 Å².